The zero-order valence-corrected chi connectivity index (χ0v) is 15.1. The second kappa shape index (κ2) is 7.36. The van der Waals surface area contributed by atoms with Crippen molar-refractivity contribution >= 4 is 17.5 Å². The summed E-state index contributed by atoms with van der Waals surface area (Å²) in [5, 5.41) is 0. The standard InChI is InChI=1S/C20H21N3O4/c1-26-10-9-22-16-6-2-3-7-18(16)27-15-11-17(20(22)25)23(13-15)19(24)14-5-4-8-21-12-14/h2-8,12,15,17H,9-11,13H2,1H3. The summed E-state index contributed by atoms with van der Waals surface area (Å²) < 4.78 is 11.3. The first kappa shape index (κ1) is 17.5. The number of ether oxygens (including phenoxy) is 2. The number of amides is 2. The Morgan fingerprint density at radius 3 is 2.93 bits per heavy atom. The number of anilines is 1. The summed E-state index contributed by atoms with van der Waals surface area (Å²) in [5.74, 6) is 0.341. The number of fused-ring (bicyclic) bond motifs is 3. The van der Waals surface area contributed by atoms with Gasteiger partial charge in [-0.15, -0.1) is 0 Å². The summed E-state index contributed by atoms with van der Waals surface area (Å²) in [6, 6.07) is 10.3. The average Bonchev–Trinajstić information content (AvgIpc) is 3.13. The molecule has 2 atom stereocenters. The average molecular weight is 367 g/mol. The number of methoxy groups -OCH3 is 1. The quantitative estimate of drug-likeness (QED) is 0.823. The number of hydrogen-bond acceptors (Lipinski definition) is 5. The van der Waals surface area contributed by atoms with Crippen LogP contribution in [0.2, 0.25) is 0 Å². The van der Waals surface area contributed by atoms with Gasteiger partial charge in [0.1, 0.15) is 17.9 Å². The maximum absolute atomic E-state index is 13.4. The highest BCUT2D eigenvalue weighted by atomic mass is 16.5. The molecule has 4 rings (SSSR count). The van der Waals surface area contributed by atoms with Crippen molar-refractivity contribution in [2.45, 2.75) is 18.6 Å². The summed E-state index contributed by atoms with van der Waals surface area (Å²) in [7, 11) is 1.60. The van der Waals surface area contributed by atoms with Crippen molar-refractivity contribution in [2.75, 3.05) is 31.7 Å². The number of carbonyl (C=O) groups is 2. The predicted molar refractivity (Wildman–Crippen MR) is 98.8 cm³/mol. The minimum atomic E-state index is -0.562. The molecule has 3 heterocycles. The highest BCUT2D eigenvalue weighted by molar-refractivity contribution is 6.03. The van der Waals surface area contributed by atoms with Crippen LogP contribution in [0.5, 0.6) is 5.75 Å². The molecule has 2 amide bonds. The maximum Gasteiger partial charge on any atom is 0.256 e. The van der Waals surface area contributed by atoms with E-state index >= 15 is 0 Å². The number of rotatable bonds is 4. The van der Waals surface area contributed by atoms with Crippen molar-refractivity contribution < 1.29 is 19.1 Å². The first-order chi connectivity index (χ1) is 13.2. The third-order valence-corrected chi connectivity index (χ3v) is 4.95. The van der Waals surface area contributed by atoms with Gasteiger partial charge in [0.15, 0.2) is 0 Å². The minimum Gasteiger partial charge on any atom is -0.486 e. The molecule has 7 heteroatoms. The monoisotopic (exact) mass is 367 g/mol. The molecular weight excluding hydrogens is 346 g/mol. The van der Waals surface area contributed by atoms with Crippen LogP contribution in [0.15, 0.2) is 48.8 Å². The van der Waals surface area contributed by atoms with E-state index in [9.17, 15) is 9.59 Å². The minimum absolute atomic E-state index is 0.109. The van der Waals surface area contributed by atoms with Crippen LogP contribution in [0.3, 0.4) is 0 Å². The van der Waals surface area contributed by atoms with Crippen molar-refractivity contribution in [1.29, 1.82) is 0 Å². The van der Waals surface area contributed by atoms with Gasteiger partial charge in [-0.1, -0.05) is 12.1 Å². The lowest BCUT2D eigenvalue weighted by Crippen LogP contribution is -2.49. The number of nitrogens with zero attached hydrogens (tertiary/aromatic N) is 3. The summed E-state index contributed by atoms with van der Waals surface area (Å²) in [6.07, 6.45) is 3.40. The van der Waals surface area contributed by atoms with E-state index in [2.05, 4.69) is 4.98 Å². The number of likely N-dealkylation sites (tertiary alicyclic amines) is 1. The molecule has 1 aromatic heterocycles. The molecule has 0 aliphatic carbocycles. The molecule has 2 aromatic rings. The normalized spacial score (nSPS) is 21.3. The van der Waals surface area contributed by atoms with E-state index in [1.807, 2.05) is 24.3 Å². The van der Waals surface area contributed by atoms with E-state index in [1.54, 1.807) is 35.2 Å². The molecular formula is C20H21N3O4. The molecule has 0 saturated carbocycles. The predicted octanol–water partition coefficient (Wildman–Crippen LogP) is 1.74. The lowest BCUT2D eigenvalue weighted by atomic mass is 10.1. The van der Waals surface area contributed by atoms with Crippen molar-refractivity contribution in [3.05, 3.63) is 54.4 Å². The largest absolute Gasteiger partial charge is 0.486 e. The highest BCUT2D eigenvalue weighted by Crippen LogP contribution is 2.36. The number of hydrogen-bond donors (Lipinski definition) is 0. The first-order valence-corrected chi connectivity index (χ1v) is 8.96. The Labute approximate surface area is 157 Å². The second-order valence-corrected chi connectivity index (χ2v) is 6.64. The van der Waals surface area contributed by atoms with Gasteiger partial charge < -0.3 is 19.3 Å². The smallest absolute Gasteiger partial charge is 0.256 e. The van der Waals surface area contributed by atoms with Crippen LogP contribution >= 0.6 is 0 Å². The Kier molecular flexibility index (Phi) is 4.77. The van der Waals surface area contributed by atoms with Crippen molar-refractivity contribution in [3.8, 4) is 5.75 Å². The fourth-order valence-electron chi connectivity index (χ4n) is 3.67. The molecule has 2 aliphatic rings. The lowest BCUT2D eigenvalue weighted by molar-refractivity contribution is -0.122. The SMILES string of the molecule is COCCN1C(=O)C2CC(CN2C(=O)c2cccnc2)Oc2ccccc21. The van der Waals surface area contributed by atoms with Gasteiger partial charge in [0.05, 0.1) is 24.4 Å². The van der Waals surface area contributed by atoms with Gasteiger partial charge in [0.25, 0.3) is 5.91 Å². The van der Waals surface area contributed by atoms with Crippen molar-refractivity contribution in [1.82, 2.24) is 9.88 Å². The Hall–Kier alpha value is -2.93. The summed E-state index contributed by atoms with van der Waals surface area (Å²) in [6.45, 7) is 1.16. The molecule has 1 aromatic carbocycles. The van der Waals surface area contributed by atoms with Crippen LogP contribution in [-0.2, 0) is 9.53 Å². The zero-order valence-electron chi connectivity index (χ0n) is 15.1. The van der Waals surface area contributed by atoms with Gasteiger partial charge in [-0.25, -0.2) is 0 Å². The van der Waals surface area contributed by atoms with Crippen molar-refractivity contribution in [2.24, 2.45) is 0 Å². The Morgan fingerprint density at radius 1 is 1.30 bits per heavy atom. The van der Waals surface area contributed by atoms with Gasteiger partial charge in [-0.3, -0.25) is 14.6 Å². The van der Waals surface area contributed by atoms with E-state index in [4.69, 9.17) is 9.47 Å². The zero-order chi connectivity index (χ0) is 18.8. The van der Waals surface area contributed by atoms with Gasteiger partial charge in [0.2, 0.25) is 5.91 Å². The van der Waals surface area contributed by atoms with Crippen molar-refractivity contribution in [3.63, 3.8) is 0 Å². The topological polar surface area (TPSA) is 72.0 Å². The van der Waals surface area contributed by atoms with Crippen LogP contribution < -0.4 is 9.64 Å². The molecule has 2 bridgehead atoms. The summed E-state index contributed by atoms with van der Waals surface area (Å²) >= 11 is 0. The second-order valence-electron chi connectivity index (χ2n) is 6.64. The Bertz CT molecular complexity index is 842. The number of benzene rings is 1. The van der Waals surface area contributed by atoms with E-state index in [0.29, 0.717) is 43.1 Å². The molecule has 2 aliphatic heterocycles. The molecule has 7 nitrogen and oxygen atoms in total. The van der Waals surface area contributed by atoms with Crippen LogP contribution in [0.1, 0.15) is 16.8 Å². The number of pyridine rings is 1. The summed E-state index contributed by atoms with van der Waals surface area (Å²) in [5.41, 5.74) is 1.18. The van der Waals surface area contributed by atoms with Crippen LogP contribution in [0.25, 0.3) is 0 Å². The van der Waals surface area contributed by atoms with Gasteiger partial charge in [0, 0.05) is 32.5 Å². The van der Waals surface area contributed by atoms with E-state index in [1.165, 1.54) is 6.20 Å². The highest BCUT2D eigenvalue weighted by Gasteiger charge is 2.45. The fraction of sp³-hybridized carbons (Fsp3) is 0.350. The van der Waals surface area contributed by atoms with E-state index in [0.717, 1.165) is 0 Å². The van der Waals surface area contributed by atoms with Gasteiger partial charge >= 0.3 is 0 Å². The number of carbonyl (C=O) groups excluding carboxylic acids is 2. The molecule has 0 spiro atoms. The molecule has 1 fully saturated rings. The number of aromatic nitrogens is 1. The molecule has 0 N–H and O–H groups in total. The molecule has 27 heavy (non-hydrogen) atoms. The van der Waals surface area contributed by atoms with Gasteiger partial charge in [-0.2, -0.15) is 0 Å². The van der Waals surface area contributed by atoms with E-state index in [-0.39, 0.29) is 17.9 Å². The maximum atomic E-state index is 13.4. The molecule has 2 unspecified atom stereocenters. The molecule has 1 saturated heterocycles. The van der Waals surface area contributed by atoms with E-state index < -0.39 is 6.04 Å². The van der Waals surface area contributed by atoms with Gasteiger partial charge in [-0.05, 0) is 24.3 Å². The first-order valence-electron chi connectivity index (χ1n) is 8.96. The summed E-state index contributed by atoms with van der Waals surface area (Å²) in [4.78, 5) is 33.6. The third kappa shape index (κ3) is 3.26. The van der Waals surface area contributed by atoms with Crippen LogP contribution in [0.4, 0.5) is 5.69 Å². The Morgan fingerprint density at radius 2 is 2.15 bits per heavy atom. The number of para-hydroxylation sites is 2. The molecule has 0 radical (unpaired) electrons. The molecule has 140 valence electrons. The Balaban J connectivity index is 1.69. The third-order valence-electron chi connectivity index (χ3n) is 4.95. The van der Waals surface area contributed by atoms with Crippen LogP contribution in [0, 0.1) is 0 Å². The van der Waals surface area contributed by atoms with Crippen LogP contribution in [-0.4, -0.2) is 60.7 Å². The lowest BCUT2D eigenvalue weighted by Gasteiger charge is -2.31. The fourth-order valence-corrected chi connectivity index (χ4v) is 3.67.